The lowest BCUT2D eigenvalue weighted by Crippen LogP contribution is -2.12. The third-order valence-electron chi connectivity index (χ3n) is 5.29. The van der Waals surface area contributed by atoms with Gasteiger partial charge in [-0.3, -0.25) is 0 Å². The molecule has 1 aliphatic carbocycles. The molecule has 0 saturated heterocycles. The fraction of sp³-hybridized carbons (Fsp3) is 0.130. The van der Waals surface area contributed by atoms with Gasteiger partial charge in [-0.15, -0.1) is 0 Å². The van der Waals surface area contributed by atoms with Gasteiger partial charge in [-0.05, 0) is 58.9 Å². The van der Waals surface area contributed by atoms with Gasteiger partial charge < -0.3 is 0 Å². The summed E-state index contributed by atoms with van der Waals surface area (Å²) in [6.45, 7) is 0. The number of halogens is 1. The molecule has 0 heterocycles. The first-order valence-corrected chi connectivity index (χ1v) is 11.0. The zero-order valence-corrected chi connectivity index (χ0v) is 16.7. The van der Waals surface area contributed by atoms with Crippen molar-refractivity contribution in [3.63, 3.8) is 0 Å². The average Bonchev–Trinajstić information content (AvgIpc) is 3.14. The van der Waals surface area contributed by atoms with E-state index in [-0.39, 0.29) is 16.7 Å². The number of rotatable bonds is 4. The number of hydrogen-bond acceptors (Lipinski definition) is 2. The van der Waals surface area contributed by atoms with Crippen molar-refractivity contribution in [1.82, 2.24) is 0 Å². The maximum atomic E-state index is 11.6. The van der Waals surface area contributed by atoms with Crippen molar-refractivity contribution in [2.45, 2.75) is 23.2 Å². The highest BCUT2D eigenvalue weighted by Gasteiger charge is 2.30. The van der Waals surface area contributed by atoms with Crippen molar-refractivity contribution in [3.05, 3.63) is 107 Å². The van der Waals surface area contributed by atoms with Crippen LogP contribution in [0.3, 0.4) is 0 Å². The molecule has 28 heavy (non-hydrogen) atoms. The number of allylic oxidation sites excluding steroid dienone is 2. The van der Waals surface area contributed by atoms with Crippen molar-refractivity contribution in [1.29, 1.82) is 0 Å². The Labute approximate surface area is 170 Å². The maximum Gasteiger partial charge on any atom is 0.238 e. The molecule has 3 aromatic rings. The zero-order chi connectivity index (χ0) is 19.7. The van der Waals surface area contributed by atoms with E-state index in [1.54, 1.807) is 12.1 Å². The summed E-state index contributed by atoms with van der Waals surface area (Å²) in [5.74, 6) is 0.440. The molecule has 2 atom stereocenters. The number of nitrogens with two attached hydrogens (primary N) is 1. The normalized spacial score (nSPS) is 19.4. The van der Waals surface area contributed by atoms with Crippen LogP contribution in [0.25, 0.3) is 5.57 Å². The minimum Gasteiger partial charge on any atom is -0.225 e. The van der Waals surface area contributed by atoms with Gasteiger partial charge in [-0.1, -0.05) is 72.3 Å². The van der Waals surface area contributed by atoms with E-state index in [1.165, 1.54) is 11.1 Å². The molecule has 3 aromatic carbocycles. The summed E-state index contributed by atoms with van der Waals surface area (Å²) in [6, 6.07) is 25.2. The summed E-state index contributed by atoms with van der Waals surface area (Å²) in [6.07, 6.45) is 3.19. The predicted molar refractivity (Wildman–Crippen MR) is 114 cm³/mol. The Balaban J connectivity index is 1.74. The highest BCUT2D eigenvalue weighted by Crippen LogP contribution is 2.47. The van der Waals surface area contributed by atoms with E-state index in [0.717, 1.165) is 22.6 Å². The largest absolute Gasteiger partial charge is 0.238 e. The minimum atomic E-state index is -3.69. The first kappa shape index (κ1) is 18.9. The Morgan fingerprint density at radius 2 is 1.46 bits per heavy atom. The molecular weight excluding hydrogens is 390 g/mol. The van der Waals surface area contributed by atoms with Crippen LogP contribution < -0.4 is 5.14 Å². The third-order valence-corrected chi connectivity index (χ3v) is 6.47. The Bertz CT molecular complexity index is 1110. The van der Waals surface area contributed by atoms with E-state index in [0.29, 0.717) is 0 Å². The number of sulfonamides is 1. The molecule has 0 spiro atoms. The molecule has 0 fully saturated rings. The SMILES string of the molecule is NS(=O)(=O)c1ccc(C2C=C(c3ccc(Cl)cc3)CC2c2ccccc2)cc1. The molecule has 0 bridgehead atoms. The van der Waals surface area contributed by atoms with E-state index in [4.69, 9.17) is 16.7 Å². The Kier molecular flexibility index (Phi) is 5.11. The van der Waals surface area contributed by atoms with Crippen molar-refractivity contribution in [2.75, 3.05) is 0 Å². The van der Waals surface area contributed by atoms with Crippen molar-refractivity contribution in [3.8, 4) is 0 Å². The van der Waals surface area contributed by atoms with Crippen molar-refractivity contribution in [2.24, 2.45) is 5.14 Å². The highest BCUT2D eigenvalue weighted by atomic mass is 35.5. The summed E-state index contributed by atoms with van der Waals surface area (Å²) in [5, 5.41) is 5.96. The van der Waals surface area contributed by atoms with Crippen LogP contribution in [0.2, 0.25) is 5.02 Å². The summed E-state index contributed by atoms with van der Waals surface area (Å²) < 4.78 is 23.1. The van der Waals surface area contributed by atoms with Crippen LogP contribution in [0.5, 0.6) is 0 Å². The molecule has 4 rings (SSSR count). The molecule has 0 radical (unpaired) electrons. The zero-order valence-electron chi connectivity index (χ0n) is 15.1. The van der Waals surface area contributed by atoms with E-state index in [2.05, 4.69) is 30.3 Å². The van der Waals surface area contributed by atoms with E-state index >= 15 is 0 Å². The molecule has 1 aliphatic rings. The standard InChI is InChI=1S/C23H20ClNO2S/c24-20-10-6-16(7-11-20)19-14-22(17-4-2-1-3-5-17)23(15-19)18-8-12-21(13-9-18)28(25,26)27/h1-13,15,22-23H,14H2,(H2,25,26,27). The Morgan fingerprint density at radius 3 is 2.07 bits per heavy atom. The van der Waals surface area contributed by atoms with Crippen LogP contribution in [-0.2, 0) is 10.0 Å². The lowest BCUT2D eigenvalue weighted by molar-refractivity contribution is 0.597. The number of primary sulfonamides is 1. The van der Waals surface area contributed by atoms with Gasteiger partial charge in [-0.2, -0.15) is 0 Å². The van der Waals surface area contributed by atoms with Gasteiger partial charge in [0.15, 0.2) is 0 Å². The van der Waals surface area contributed by atoms with Crippen LogP contribution in [-0.4, -0.2) is 8.42 Å². The topological polar surface area (TPSA) is 60.2 Å². The van der Waals surface area contributed by atoms with Crippen LogP contribution in [0.15, 0.2) is 89.8 Å². The van der Waals surface area contributed by atoms with Gasteiger partial charge in [0.25, 0.3) is 0 Å². The van der Waals surface area contributed by atoms with Gasteiger partial charge in [0.1, 0.15) is 0 Å². The molecule has 0 saturated carbocycles. The molecule has 0 aromatic heterocycles. The lowest BCUT2D eigenvalue weighted by Gasteiger charge is -2.20. The molecule has 2 N–H and O–H groups in total. The number of benzene rings is 3. The molecule has 2 unspecified atom stereocenters. The Morgan fingerprint density at radius 1 is 0.821 bits per heavy atom. The highest BCUT2D eigenvalue weighted by molar-refractivity contribution is 7.89. The molecule has 142 valence electrons. The van der Waals surface area contributed by atoms with Gasteiger partial charge >= 0.3 is 0 Å². The van der Waals surface area contributed by atoms with Gasteiger partial charge in [0.2, 0.25) is 10.0 Å². The first-order chi connectivity index (χ1) is 13.4. The molecule has 0 amide bonds. The van der Waals surface area contributed by atoms with E-state index in [9.17, 15) is 8.42 Å². The second-order valence-electron chi connectivity index (χ2n) is 7.06. The van der Waals surface area contributed by atoms with Gasteiger partial charge in [-0.25, -0.2) is 13.6 Å². The second kappa shape index (κ2) is 7.55. The fourth-order valence-corrected chi connectivity index (χ4v) is 4.52. The second-order valence-corrected chi connectivity index (χ2v) is 9.06. The van der Waals surface area contributed by atoms with Gasteiger partial charge in [0.05, 0.1) is 4.90 Å². The number of hydrogen-bond donors (Lipinski definition) is 1. The van der Waals surface area contributed by atoms with E-state index in [1.807, 2.05) is 42.5 Å². The predicted octanol–water partition coefficient (Wildman–Crippen LogP) is 5.34. The first-order valence-electron chi connectivity index (χ1n) is 9.06. The lowest BCUT2D eigenvalue weighted by atomic mass is 9.83. The summed E-state index contributed by atoms with van der Waals surface area (Å²) in [4.78, 5) is 0.132. The summed E-state index contributed by atoms with van der Waals surface area (Å²) in [5.41, 5.74) is 4.77. The van der Waals surface area contributed by atoms with Crippen molar-refractivity contribution >= 4 is 27.2 Å². The van der Waals surface area contributed by atoms with Crippen LogP contribution in [0, 0.1) is 0 Å². The Hall–Kier alpha value is -2.40. The molecule has 0 aliphatic heterocycles. The van der Waals surface area contributed by atoms with Crippen LogP contribution >= 0.6 is 11.6 Å². The fourth-order valence-electron chi connectivity index (χ4n) is 3.88. The van der Waals surface area contributed by atoms with E-state index < -0.39 is 10.0 Å². The van der Waals surface area contributed by atoms with Crippen LogP contribution in [0.4, 0.5) is 0 Å². The average molecular weight is 410 g/mol. The minimum absolute atomic E-state index is 0.132. The maximum absolute atomic E-state index is 11.6. The quantitative estimate of drug-likeness (QED) is 0.632. The van der Waals surface area contributed by atoms with Gasteiger partial charge in [0, 0.05) is 10.9 Å². The van der Waals surface area contributed by atoms with Crippen molar-refractivity contribution < 1.29 is 8.42 Å². The molecular formula is C23H20ClNO2S. The summed E-state index contributed by atoms with van der Waals surface area (Å²) >= 11 is 6.04. The summed E-state index contributed by atoms with van der Waals surface area (Å²) in [7, 11) is -3.69. The third kappa shape index (κ3) is 3.90. The molecule has 3 nitrogen and oxygen atoms in total. The van der Waals surface area contributed by atoms with Crippen LogP contribution in [0.1, 0.15) is 34.9 Å². The monoisotopic (exact) mass is 409 g/mol. The molecule has 5 heteroatoms. The smallest absolute Gasteiger partial charge is 0.225 e.